The van der Waals surface area contributed by atoms with Gasteiger partial charge < -0.3 is 9.64 Å². The largest absolute Gasteiger partial charge is 0.495 e. The molecule has 0 aromatic carbocycles. The molecule has 0 aliphatic carbocycles. The minimum Gasteiger partial charge on any atom is -0.495 e. The third-order valence-corrected chi connectivity index (χ3v) is 6.95. The highest BCUT2D eigenvalue weighted by molar-refractivity contribution is 5.84. The van der Waals surface area contributed by atoms with Crippen molar-refractivity contribution in [3.8, 4) is 22.9 Å². The Morgan fingerprint density at radius 2 is 1.90 bits per heavy atom. The molecular formula is C29H31N9O. The molecule has 1 aliphatic heterocycles. The molecule has 5 heterocycles. The summed E-state index contributed by atoms with van der Waals surface area (Å²) in [6.45, 7) is 10.2. The third-order valence-electron chi connectivity index (χ3n) is 6.95. The van der Waals surface area contributed by atoms with Gasteiger partial charge in [-0.05, 0) is 43.0 Å². The summed E-state index contributed by atoms with van der Waals surface area (Å²) in [5.74, 6) is 1.60. The topological polar surface area (TPSA) is 99.9 Å². The molecule has 4 aromatic heterocycles. The third kappa shape index (κ3) is 5.58. The molecule has 0 amide bonds. The first kappa shape index (κ1) is 25.9. The summed E-state index contributed by atoms with van der Waals surface area (Å²) in [6, 6.07) is 6.38. The molecule has 10 nitrogen and oxygen atoms in total. The molecule has 0 atom stereocenters. The van der Waals surface area contributed by atoms with E-state index in [1.807, 2.05) is 57.0 Å². The molecule has 0 spiro atoms. The summed E-state index contributed by atoms with van der Waals surface area (Å²) < 4.78 is 8.83. The standard InChI is InChI=1S/C29H31N9O/c1-21(27-12-23(25-16-33-35(3)19-25)20-38-29(27)24(13-30)15-34-38)5-6-28(31-2)37-9-7-36(8-10-37)18-22-11-26(39-4)17-32-14-22/h5-6,11-12,14-17,19-20H,2,7-10,18H2,1,3-4H3/b21-5+,28-6+. The van der Waals surface area contributed by atoms with Crippen LogP contribution in [0.5, 0.6) is 5.75 Å². The van der Waals surface area contributed by atoms with Crippen LogP contribution in [0.2, 0.25) is 0 Å². The number of fused-ring (bicyclic) bond motifs is 1. The molecule has 10 heteroatoms. The van der Waals surface area contributed by atoms with Gasteiger partial charge in [-0.3, -0.25) is 14.6 Å². The molecule has 0 unspecified atom stereocenters. The number of ether oxygens (including phenoxy) is 1. The molecule has 39 heavy (non-hydrogen) atoms. The fourth-order valence-corrected chi connectivity index (χ4v) is 4.83. The fraction of sp³-hybridized carbons (Fsp3) is 0.276. The van der Waals surface area contributed by atoms with Crippen molar-refractivity contribution in [2.75, 3.05) is 33.3 Å². The number of piperazine rings is 1. The van der Waals surface area contributed by atoms with E-state index in [2.05, 4.69) is 48.8 Å². The van der Waals surface area contributed by atoms with Gasteiger partial charge in [-0.25, -0.2) is 9.51 Å². The van der Waals surface area contributed by atoms with E-state index in [4.69, 9.17) is 4.74 Å². The molecule has 0 N–H and O–H groups in total. The fourth-order valence-electron chi connectivity index (χ4n) is 4.83. The van der Waals surface area contributed by atoms with Gasteiger partial charge in [0.1, 0.15) is 17.6 Å². The summed E-state index contributed by atoms with van der Waals surface area (Å²) in [5.41, 5.74) is 6.32. The van der Waals surface area contributed by atoms with Crippen molar-refractivity contribution in [3.63, 3.8) is 0 Å². The van der Waals surface area contributed by atoms with E-state index < -0.39 is 0 Å². The maximum absolute atomic E-state index is 9.70. The van der Waals surface area contributed by atoms with Crippen LogP contribution in [0.15, 0.2) is 72.3 Å². The lowest BCUT2D eigenvalue weighted by Gasteiger charge is -2.35. The van der Waals surface area contributed by atoms with Crippen molar-refractivity contribution in [1.29, 1.82) is 5.26 Å². The Bertz CT molecular complexity index is 1600. The smallest absolute Gasteiger partial charge is 0.137 e. The molecule has 1 aliphatic rings. The minimum atomic E-state index is 0.531. The van der Waals surface area contributed by atoms with Crippen LogP contribution in [0.4, 0.5) is 0 Å². The SMILES string of the molecule is C=N/C(=C\C=C(/C)c1cc(-c2cnn(C)c2)cn2ncc(C#N)c12)N1CCN(Cc2cncc(OC)c2)CC1. The van der Waals surface area contributed by atoms with E-state index >= 15 is 0 Å². The van der Waals surface area contributed by atoms with Crippen LogP contribution in [0.3, 0.4) is 0 Å². The predicted octanol–water partition coefficient (Wildman–Crippen LogP) is 3.77. The molecule has 5 rings (SSSR count). The summed E-state index contributed by atoms with van der Waals surface area (Å²) in [4.78, 5) is 13.2. The van der Waals surface area contributed by atoms with Gasteiger partial charge in [-0.15, -0.1) is 0 Å². The molecular weight excluding hydrogens is 490 g/mol. The number of aryl methyl sites for hydroxylation is 1. The number of aliphatic imine (C=N–C) groups is 1. The normalized spacial score (nSPS) is 15.0. The summed E-state index contributed by atoms with van der Waals surface area (Å²) in [7, 11) is 3.55. The lowest BCUT2D eigenvalue weighted by atomic mass is 10.0. The zero-order valence-corrected chi connectivity index (χ0v) is 22.4. The number of methoxy groups -OCH3 is 1. The molecule has 1 saturated heterocycles. The lowest BCUT2D eigenvalue weighted by molar-refractivity contribution is 0.152. The molecule has 0 radical (unpaired) electrons. The Labute approximate surface area is 227 Å². The summed E-state index contributed by atoms with van der Waals surface area (Å²) in [5, 5.41) is 18.4. The van der Waals surface area contributed by atoms with E-state index in [0.717, 1.165) is 77.6 Å². The Hall–Kier alpha value is -4.75. The van der Waals surface area contributed by atoms with Crippen LogP contribution in [-0.4, -0.2) is 74.2 Å². The Balaban J connectivity index is 1.36. The number of hydrogen-bond acceptors (Lipinski definition) is 8. The van der Waals surface area contributed by atoms with Gasteiger partial charge in [0.25, 0.3) is 0 Å². The van der Waals surface area contributed by atoms with Gasteiger partial charge in [-0.1, -0.05) is 6.08 Å². The molecule has 0 bridgehead atoms. The number of nitrogens with zero attached hydrogens (tertiary/aromatic N) is 9. The van der Waals surface area contributed by atoms with Gasteiger partial charge in [0.15, 0.2) is 0 Å². The van der Waals surface area contributed by atoms with Crippen LogP contribution < -0.4 is 4.74 Å². The van der Waals surface area contributed by atoms with Gasteiger partial charge in [0, 0.05) is 75.1 Å². The average molecular weight is 522 g/mol. The van der Waals surface area contributed by atoms with E-state index in [1.165, 1.54) is 0 Å². The maximum atomic E-state index is 9.70. The second-order valence-corrected chi connectivity index (χ2v) is 9.54. The van der Waals surface area contributed by atoms with Gasteiger partial charge in [0.05, 0.1) is 36.8 Å². The van der Waals surface area contributed by atoms with Gasteiger partial charge in [-0.2, -0.15) is 15.5 Å². The van der Waals surface area contributed by atoms with Crippen molar-refractivity contribution in [3.05, 3.63) is 84.0 Å². The number of rotatable bonds is 8. The van der Waals surface area contributed by atoms with Crippen molar-refractivity contribution in [1.82, 2.24) is 34.2 Å². The zero-order valence-electron chi connectivity index (χ0n) is 22.4. The lowest BCUT2D eigenvalue weighted by Crippen LogP contribution is -2.45. The second-order valence-electron chi connectivity index (χ2n) is 9.54. The summed E-state index contributed by atoms with van der Waals surface area (Å²) in [6.07, 6.45) is 15.0. The number of nitriles is 1. The highest BCUT2D eigenvalue weighted by atomic mass is 16.5. The Kier molecular flexibility index (Phi) is 7.52. The highest BCUT2D eigenvalue weighted by Gasteiger charge is 2.19. The first-order valence-electron chi connectivity index (χ1n) is 12.7. The van der Waals surface area contributed by atoms with Crippen LogP contribution in [0.1, 0.15) is 23.6 Å². The molecule has 4 aromatic rings. The Morgan fingerprint density at radius 3 is 2.59 bits per heavy atom. The maximum Gasteiger partial charge on any atom is 0.137 e. The summed E-state index contributed by atoms with van der Waals surface area (Å²) >= 11 is 0. The van der Waals surface area contributed by atoms with Crippen molar-refractivity contribution in [2.45, 2.75) is 13.5 Å². The predicted molar refractivity (Wildman–Crippen MR) is 151 cm³/mol. The van der Waals surface area contributed by atoms with Crippen LogP contribution in [0.25, 0.3) is 22.2 Å². The number of hydrogen-bond donors (Lipinski definition) is 0. The zero-order chi connectivity index (χ0) is 27.4. The van der Waals surface area contributed by atoms with Crippen LogP contribution in [0, 0.1) is 11.3 Å². The highest BCUT2D eigenvalue weighted by Crippen LogP contribution is 2.29. The monoisotopic (exact) mass is 521 g/mol. The van der Waals surface area contributed by atoms with Crippen molar-refractivity contribution < 1.29 is 4.74 Å². The number of pyridine rings is 2. The first-order valence-corrected chi connectivity index (χ1v) is 12.7. The second kappa shape index (κ2) is 11.3. The van der Waals surface area contributed by atoms with E-state index in [0.29, 0.717) is 5.56 Å². The van der Waals surface area contributed by atoms with E-state index in [9.17, 15) is 5.26 Å². The minimum absolute atomic E-state index is 0.531. The average Bonchev–Trinajstić information content (AvgIpc) is 3.59. The molecule has 198 valence electrons. The first-order chi connectivity index (χ1) is 19.0. The van der Waals surface area contributed by atoms with Crippen molar-refractivity contribution >= 4 is 17.8 Å². The van der Waals surface area contributed by atoms with E-state index in [-0.39, 0.29) is 0 Å². The quantitative estimate of drug-likeness (QED) is 0.257. The van der Waals surface area contributed by atoms with Gasteiger partial charge in [0.2, 0.25) is 0 Å². The molecule has 0 saturated carbocycles. The van der Waals surface area contributed by atoms with Gasteiger partial charge >= 0.3 is 0 Å². The number of allylic oxidation sites excluding steroid dienone is 3. The number of aromatic nitrogens is 5. The van der Waals surface area contributed by atoms with E-state index in [1.54, 1.807) is 28.7 Å². The van der Waals surface area contributed by atoms with Crippen LogP contribution >= 0.6 is 0 Å². The Morgan fingerprint density at radius 1 is 1.08 bits per heavy atom. The molecule has 1 fully saturated rings. The van der Waals surface area contributed by atoms with Crippen LogP contribution in [-0.2, 0) is 13.6 Å². The van der Waals surface area contributed by atoms with Crippen molar-refractivity contribution in [2.24, 2.45) is 12.0 Å².